The first-order valence-corrected chi connectivity index (χ1v) is 15.8. The van der Waals surface area contributed by atoms with E-state index in [9.17, 15) is 18.0 Å². The normalized spacial score (nSPS) is 14.5. The van der Waals surface area contributed by atoms with Crippen molar-refractivity contribution in [3.05, 3.63) is 94.0 Å². The highest BCUT2D eigenvalue weighted by Gasteiger charge is 2.33. The van der Waals surface area contributed by atoms with Crippen molar-refractivity contribution >= 4 is 39.1 Å². The first-order chi connectivity index (χ1) is 19.5. The number of rotatable bonds is 10. The maximum atomic E-state index is 14.1. The van der Waals surface area contributed by atoms with Gasteiger partial charge >= 0.3 is 0 Å². The number of nitrogens with one attached hydrogen (secondary N) is 1. The van der Waals surface area contributed by atoms with E-state index in [1.807, 2.05) is 51.1 Å². The van der Waals surface area contributed by atoms with Gasteiger partial charge in [0.15, 0.2) is 0 Å². The number of hydrogen-bond donors (Lipinski definition) is 1. The lowest BCUT2D eigenvalue weighted by molar-refractivity contribution is -0.139. The number of nitrogens with zero attached hydrogens (tertiary/aromatic N) is 2. The minimum absolute atomic E-state index is 0.0189. The van der Waals surface area contributed by atoms with Crippen LogP contribution in [0.2, 0.25) is 5.02 Å². The average Bonchev–Trinajstić information content (AvgIpc) is 3.45. The molecule has 0 saturated heterocycles. The topological polar surface area (TPSA) is 86.8 Å². The second kappa shape index (κ2) is 13.1. The molecular weight excluding hydrogens is 558 g/mol. The summed E-state index contributed by atoms with van der Waals surface area (Å²) in [6, 6.07) is 18.1. The highest BCUT2D eigenvalue weighted by molar-refractivity contribution is 7.92. The van der Waals surface area contributed by atoms with E-state index in [1.165, 1.54) is 29.2 Å². The van der Waals surface area contributed by atoms with Gasteiger partial charge in [0.05, 0.1) is 10.6 Å². The molecule has 4 rings (SSSR count). The summed E-state index contributed by atoms with van der Waals surface area (Å²) in [6.07, 6.45) is 3.98. The van der Waals surface area contributed by atoms with Crippen molar-refractivity contribution in [2.45, 2.75) is 76.9 Å². The molecule has 218 valence electrons. The molecule has 0 spiro atoms. The molecule has 3 aromatic carbocycles. The number of amides is 2. The Labute approximate surface area is 248 Å². The second-order valence-corrected chi connectivity index (χ2v) is 13.1. The predicted molar refractivity (Wildman–Crippen MR) is 163 cm³/mol. The molecule has 2 amide bonds. The van der Waals surface area contributed by atoms with Crippen LogP contribution < -0.4 is 9.62 Å². The van der Waals surface area contributed by atoms with Crippen LogP contribution in [0.15, 0.2) is 71.6 Å². The van der Waals surface area contributed by atoms with Crippen LogP contribution in [-0.4, -0.2) is 43.8 Å². The molecule has 9 heteroatoms. The monoisotopic (exact) mass is 595 g/mol. The number of hydrogen-bond acceptors (Lipinski definition) is 4. The van der Waals surface area contributed by atoms with E-state index >= 15 is 0 Å². The number of aryl methyl sites for hydroxylation is 3. The van der Waals surface area contributed by atoms with Crippen molar-refractivity contribution < 1.29 is 18.0 Å². The minimum Gasteiger partial charge on any atom is -0.352 e. The van der Waals surface area contributed by atoms with Gasteiger partial charge in [-0.15, -0.1) is 0 Å². The van der Waals surface area contributed by atoms with Crippen LogP contribution in [0.5, 0.6) is 0 Å². The molecular formula is C32H38ClN3O4S. The molecule has 0 heterocycles. The molecule has 0 unspecified atom stereocenters. The Kier molecular flexibility index (Phi) is 9.76. The zero-order valence-corrected chi connectivity index (χ0v) is 25.6. The van der Waals surface area contributed by atoms with Gasteiger partial charge in [0.2, 0.25) is 11.8 Å². The quantitative estimate of drug-likeness (QED) is 0.314. The maximum absolute atomic E-state index is 14.1. The largest absolute Gasteiger partial charge is 0.352 e. The van der Waals surface area contributed by atoms with Crippen molar-refractivity contribution in [2.24, 2.45) is 0 Å². The smallest absolute Gasteiger partial charge is 0.264 e. The Morgan fingerprint density at radius 2 is 1.59 bits per heavy atom. The summed E-state index contributed by atoms with van der Waals surface area (Å²) < 4.78 is 29.1. The SMILES string of the molecule is Cc1ccc(N(CC(=O)N(Cc2ccccc2C)[C@H](C)C(=O)NC2CCCC2)S(=O)(=O)c2ccc(Cl)cc2)cc1C. The molecule has 1 fully saturated rings. The molecule has 0 aromatic heterocycles. The molecule has 1 saturated carbocycles. The molecule has 0 radical (unpaired) electrons. The molecule has 0 bridgehead atoms. The fraction of sp³-hybridized carbons (Fsp3) is 0.375. The van der Waals surface area contributed by atoms with Gasteiger partial charge in [0, 0.05) is 17.6 Å². The summed E-state index contributed by atoms with van der Waals surface area (Å²) >= 11 is 6.03. The van der Waals surface area contributed by atoms with Gasteiger partial charge in [-0.2, -0.15) is 0 Å². The second-order valence-electron chi connectivity index (χ2n) is 10.8. The van der Waals surface area contributed by atoms with E-state index in [1.54, 1.807) is 19.1 Å². The van der Waals surface area contributed by atoms with Crippen LogP contribution in [0.1, 0.15) is 54.9 Å². The van der Waals surface area contributed by atoms with Gasteiger partial charge in [-0.1, -0.05) is 54.8 Å². The van der Waals surface area contributed by atoms with E-state index in [-0.39, 0.29) is 23.4 Å². The Hall–Kier alpha value is -3.36. The predicted octanol–water partition coefficient (Wildman–Crippen LogP) is 5.94. The molecule has 1 aliphatic carbocycles. The number of anilines is 1. The molecule has 1 N–H and O–H groups in total. The van der Waals surface area contributed by atoms with Crippen LogP contribution >= 0.6 is 11.6 Å². The van der Waals surface area contributed by atoms with Crippen molar-refractivity contribution in [3.63, 3.8) is 0 Å². The lowest BCUT2D eigenvalue weighted by atomic mass is 10.1. The number of carbonyl (C=O) groups excluding carboxylic acids is 2. The van der Waals surface area contributed by atoms with Crippen LogP contribution in [0.3, 0.4) is 0 Å². The lowest BCUT2D eigenvalue weighted by Gasteiger charge is -2.33. The lowest BCUT2D eigenvalue weighted by Crippen LogP contribution is -2.52. The highest BCUT2D eigenvalue weighted by Crippen LogP contribution is 2.27. The number of halogens is 1. The molecule has 0 aliphatic heterocycles. The third kappa shape index (κ3) is 7.29. The summed E-state index contributed by atoms with van der Waals surface area (Å²) in [6.45, 7) is 7.19. The first kappa shape index (κ1) is 30.6. The minimum atomic E-state index is -4.15. The number of benzene rings is 3. The van der Waals surface area contributed by atoms with Gasteiger partial charge in [-0.3, -0.25) is 13.9 Å². The van der Waals surface area contributed by atoms with Crippen LogP contribution in [0.25, 0.3) is 0 Å². The van der Waals surface area contributed by atoms with E-state index in [0.29, 0.717) is 10.7 Å². The summed E-state index contributed by atoms with van der Waals surface area (Å²) in [5.74, 6) is -0.713. The number of carbonyl (C=O) groups is 2. The fourth-order valence-corrected chi connectivity index (χ4v) is 6.62. The van der Waals surface area contributed by atoms with Crippen molar-refractivity contribution in [1.29, 1.82) is 0 Å². The van der Waals surface area contributed by atoms with Gasteiger partial charge < -0.3 is 10.2 Å². The Morgan fingerprint density at radius 1 is 0.927 bits per heavy atom. The zero-order valence-electron chi connectivity index (χ0n) is 24.1. The van der Waals surface area contributed by atoms with E-state index in [2.05, 4.69) is 5.32 Å². The van der Waals surface area contributed by atoms with Gasteiger partial charge in [0.25, 0.3) is 10.0 Å². The highest BCUT2D eigenvalue weighted by atomic mass is 35.5. The summed E-state index contributed by atoms with van der Waals surface area (Å²) in [5, 5.41) is 3.50. The summed E-state index contributed by atoms with van der Waals surface area (Å²) in [7, 11) is -4.15. The van der Waals surface area contributed by atoms with Crippen LogP contribution in [0.4, 0.5) is 5.69 Å². The van der Waals surface area contributed by atoms with E-state index in [4.69, 9.17) is 11.6 Å². The molecule has 41 heavy (non-hydrogen) atoms. The van der Waals surface area contributed by atoms with Crippen LogP contribution in [-0.2, 0) is 26.2 Å². The summed E-state index contributed by atoms with van der Waals surface area (Å²) in [5.41, 5.74) is 4.14. The first-order valence-electron chi connectivity index (χ1n) is 14.0. The van der Waals surface area contributed by atoms with Gasteiger partial charge in [-0.05, 0) is 99.2 Å². The summed E-state index contributed by atoms with van der Waals surface area (Å²) in [4.78, 5) is 29.0. The number of sulfonamides is 1. The van der Waals surface area contributed by atoms with Gasteiger partial charge in [0.1, 0.15) is 12.6 Å². The fourth-order valence-electron chi connectivity index (χ4n) is 5.09. The Balaban J connectivity index is 1.71. The molecule has 1 atom stereocenters. The van der Waals surface area contributed by atoms with Crippen molar-refractivity contribution in [1.82, 2.24) is 10.2 Å². The molecule has 3 aromatic rings. The van der Waals surface area contributed by atoms with Crippen LogP contribution in [0, 0.1) is 20.8 Å². The Morgan fingerprint density at radius 3 is 2.22 bits per heavy atom. The third-order valence-electron chi connectivity index (χ3n) is 7.93. The molecule has 1 aliphatic rings. The zero-order chi connectivity index (χ0) is 29.7. The van der Waals surface area contributed by atoms with Crippen molar-refractivity contribution in [2.75, 3.05) is 10.8 Å². The van der Waals surface area contributed by atoms with E-state index < -0.39 is 28.5 Å². The average molecular weight is 596 g/mol. The standard InChI is InChI=1S/C32H38ClN3O4S/c1-22-13-16-29(19-24(22)3)36(41(39,40)30-17-14-27(33)15-18-30)21-31(37)35(20-26-10-6-5-9-23(26)2)25(4)32(38)34-28-11-7-8-12-28/h5-6,9-10,13-19,25,28H,7-8,11-12,20-21H2,1-4H3,(H,34,38)/t25-/m1/s1. The maximum Gasteiger partial charge on any atom is 0.264 e. The molecule has 7 nitrogen and oxygen atoms in total. The third-order valence-corrected chi connectivity index (χ3v) is 9.97. The Bertz CT molecular complexity index is 1500. The van der Waals surface area contributed by atoms with Crippen molar-refractivity contribution in [3.8, 4) is 0 Å². The van der Waals surface area contributed by atoms with Gasteiger partial charge in [-0.25, -0.2) is 8.42 Å². The van der Waals surface area contributed by atoms with E-state index in [0.717, 1.165) is 52.2 Å².